The van der Waals surface area contributed by atoms with Crippen molar-refractivity contribution in [1.29, 1.82) is 0 Å². The molecule has 2 aromatic carbocycles. The topological polar surface area (TPSA) is 70.1 Å². The van der Waals surface area contributed by atoms with Crippen molar-refractivity contribution in [2.24, 2.45) is 0 Å². The Balaban J connectivity index is 2.07. The molecule has 0 unspecified atom stereocenters. The minimum atomic E-state index is -0.652. The first-order valence-electron chi connectivity index (χ1n) is 10.9. The van der Waals surface area contributed by atoms with Crippen LogP contribution in [-0.2, 0) is 9.59 Å². The van der Waals surface area contributed by atoms with Crippen molar-refractivity contribution < 1.29 is 19.4 Å². The van der Waals surface area contributed by atoms with Gasteiger partial charge in [0.1, 0.15) is 11.5 Å². The first-order valence-corrected chi connectivity index (χ1v) is 10.9. The third-order valence-electron chi connectivity index (χ3n) is 5.83. The van der Waals surface area contributed by atoms with Gasteiger partial charge in [-0.2, -0.15) is 0 Å². The van der Waals surface area contributed by atoms with Crippen LogP contribution in [0.1, 0.15) is 48.9 Å². The summed E-state index contributed by atoms with van der Waals surface area (Å²) in [5.74, 6) is -0.377. The number of ether oxygens (including phenoxy) is 1. The Kier molecular flexibility index (Phi) is 7.36. The Morgan fingerprint density at radius 2 is 1.69 bits per heavy atom. The number of aliphatic hydroxyl groups excluding tert-OH is 1. The summed E-state index contributed by atoms with van der Waals surface area (Å²) in [5.41, 5.74) is 2.59. The number of rotatable bonds is 8. The van der Waals surface area contributed by atoms with Crippen LogP contribution in [0.5, 0.6) is 5.75 Å². The fourth-order valence-corrected chi connectivity index (χ4v) is 3.98. The van der Waals surface area contributed by atoms with Gasteiger partial charge in [-0.15, -0.1) is 0 Å². The molecule has 170 valence electrons. The monoisotopic (exact) mass is 436 g/mol. The highest BCUT2D eigenvalue weighted by atomic mass is 16.5. The van der Waals surface area contributed by atoms with Gasteiger partial charge in [0.15, 0.2) is 0 Å². The second kappa shape index (κ2) is 10.0. The summed E-state index contributed by atoms with van der Waals surface area (Å²) >= 11 is 0. The molecule has 1 atom stereocenters. The van der Waals surface area contributed by atoms with Crippen molar-refractivity contribution in [1.82, 2.24) is 9.80 Å². The molecule has 1 fully saturated rings. The Morgan fingerprint density at radius 3 is 2.22 bits per heavy atom. The van der Waals surface area contributed by atoms with Crippen LogP contribution in [0.4, 0.5) is 0 Å². The quantitative estimate of drug-likeness (QED) is 0.382. The van der Waals surface area contributed by atoms with E-state index in [-0.39, 0.29) is 11.3 Å². The average molecular weight is 437 g/mol. The number of hydrogen-bond donors (Lipinski definition) is 1. The molecule has 2 aromatic rings. The molecular weight excluding hydrogens is 404 g/mol. The fraction of sp³-hybridized carbons (Fsp3) is 0.385. The fourth-order valence-electron chi connectivity index (χ4n) is 3.98. The van der Waals surface area contributed by atoms with E-state index >= 15 is 0 Å². The van der Waals surface area contributed by atoms with Gasteiger partial charge in [-0.05, 0) is 68.4 Å². The van der Waals surface area contributed by atoms with Gasteiger partial charge in [0.2, 0.25) is 0 Å². The highest BCUT2D eigenvalue weighted by Gasteiger charge is 2.45. The Morgan fingerprint density at radius 1 is 1.06 bits per heavy atom. The number of Topliss-reactive ketones (excluding diaryl/α,β-unsaturated/α-hetero) is 1. The number of aliphatic hydroxyl groups is 1. The smallest absolute Gasteiger partial charge is 0.295 e. The van der Waals surface area contributed by atoms with Gasteiger partial charge in [-0.1, -0.05) is 38.1 Å². The molecule has 1 aliphatic rings. The number of ketones is 1. The molecule has 0 spiro atoms. The number of nitrogens with zero attached hydrogens (tertiary/aromatic N) is 2. The van der Waals surface area contributed by atoms with Crippen molar-refractivity contribution in [2.75, 3.05) is 34.3 Å². The molecule has 6 nitrogen and oxygen atoms in total. The number of carbonyl (C=O) groups is 2. The van der Waals surface area contributed by atoms with E-state index in [1.165, 1.54) is 5.56 Å². The Labute approximate surface area is 190 Å². The van der Waals surface area contributed by atoms with E-state index < -0.39 is 17.7 Å². The largest absolute Gasteiger partial charge is 0.507 e. The molecule has 1 saturated heterocycles. The zero-order valence-corrected chi connectivity index (χ0v) is 19.5. The van der Waals surface area contributed by atoms with E-state index in [9.17, 15) is 14.7 Å². The van der Waals surface area contributed by atoms with Crippen LogP contribution in [0, 0.1) is 0 Å². The van der Waals surface area contributed by atoms with Crippen molar-refractivity contribution in [3.05, 3.63) is 70.8 Å². The molecular formula is C26H32N2O4. The number of amides is 1. The molecule has 0 aliphatic carbocycles. The number of methoxy groups -OCH3 is 1. The van der Waals surface area contributed by atoms with Crippen LogP contribution < -0.4 is 4.74 Å². The second-order valence-corrected chi connectivity index (χ2v) is 8.70. The van der Waals surface area contributed by atoms with Gasteiger partial charge < -0.3 is 19.6 Å². The Hall–Kier alpha value is -3.12. The minimum Gasteiger partial charge on any atom is -0.507 e. The molecule has 1 heterocycles. The molecule has 32 heavy (non-hydrogen) atoms. The van der Waals surface area contributed by atoms with Crippen molar-refractivity contribution in [3.63, 3.8) is 0 Å². The zero-order chi connectivity index (χ0) is 23.4. The van der Waals surface area contributed by atoms with Gasteiger partial charge in [0.05, 0.1) is 18.7 Å². The van der Waals surface area contributed by atoms with Crippen LogP contribution in [-0.4, -0.2) is 60.9 Å². The normalized spacial score (nSPS) is 18.1. The molecule has 6 heteroatoms. The lowest BCUT2D eigenvalue weighted by Gasteiger charge is -2.26. The summed E-state index contributed by atoms with van der Waals surface area (Å²) in [4.78, 5) is 29.7. The maximum atomic E-state index is 13.1. The van der Waals surface area contributed by atoms with Gasteiger partial charge in [-0.3, -0.25) is 9.59 Å². The molecule has 0 saturated carbocycles. The number of hydrogen-bond acceptors (Lipinski definition) is 5. The number of carbonyl (C=O) groups excluding carboxylic acids is 2. The molecule has 0 aromatic heterocycles. The van der Waals surface area contributed by atoms with E-state index in [1.807, 2.05) is 43.3 Å². The molecule has 0 bridgehead atoms. The highest BCUT2D eigenvalue weighted by molar-refractivity contribution is 6.46. The van der Waals surface area contributed by atoms with Crippen LogP contribution in [0.2, 0.25) is 0 Å². The number of likely N-dealkylation sites (tertiary alicyclic amines) is 1. The van der Waals surface area contributed by atoms with E-state index in [0.717, 1.165) is 18.5 Å². The van der Waals surface area contributed by atoms with Crippen LogP contribution in [0.25, 0.3) is 5.76 Å². The second-order valence-electron chi connectivity index (χ2n) is 8.70. The van der Waals surface area contributed by atoms with Gasteiger partial charge in [0.25, 0.3) is 11.7 Å². The SMILES string of the molecule is COc1ccc(C(O)=C2C(=O)C(=O)N(CCCN(C)C)[C@H]2c2ccc(C(C)C)cc2)cc1. The van der Waals surface area contributed by atoms with E-state index in [0.29, 0.717) is 23.8 Å². The lowest BCUT2D eigenvalue weighted by atomic mass is 9.93. The molecule has 0 radical (unpaired) electrons. The van der Waals surface area contributed by atoms with Gasteiger partial charge in [-0.25, -0.2) is 0 Å². The Bertz CT molecular complexity index is 991. The lowest BCUT2D eigenvalue weighted by molar-refractivity contribution is -0.139. The first kappa shape index (κ1) is 23.5. The standard InChI is InChI=1S/C26H32N2O4/c1-17(2)18-7-9-19(10-8-18)23-22(24(29)20-11-13-21(32-5)14-12-20)25(30)26(31)28(23)16-6-15-27(3)4/h7-14,17,23,29H,6,15-16H2,1-5H3/t23-/m0/s1. The zero-order valence-electron chi connectivity index (χ0n) is 19.5. The van der Waals surface area contributed by atoms with E-state index in [4.69, 9.17) is 4.74 Å². The summed E-state index contributed by atoms with van der Waals surface area (Å²) in [6, 6.07) is 14.1. The van der Waals surface area contributed by atoms with E-state index in [2.05, 4.69) is 13.8 Å². The maximum absolute atomic E-state index is 13.1. The third kappa shape index (κ3) is 4.86. The molecule has 3 rings (SSSR count). The lowest BCUT2D eigenvalue weighted by Crippen LogP contribution is -2.32. The number of benzene rings is 2. The summed E-state index contributed by atoms with van der Waals surface area (Å²) in [7, 11) is 5.51. The predicted molar refractivity (Wildman–Crippen MR) is 126 cm³/mol. The highest BCUT2D eigenvalue weighted by Crippen LogP contribution is 2.40. The summed E-state index contributed by atoms with van der Waals surface area (Å²) in [6.07, 6.45) is 0.725. The summed E-state index contributed by atoms with van der Waals surface area (Å²) < 4.78 is 5.18. The van der Waals surface area contributed by atoms with Gasteiger partial charge >= 0.3 is 0 Å². The van der Waals surface area contributed by atoms with Crippen molar-refractivity contribution in [3.8, 4) is 5.75 Å². The van der Waals surface area contributed by atoms with Crippen molar-refractivity contribution >= 4 is 17.4 Å². The first-order chi connectivity index (χ1) is 15.2. The summed E-state index contributed by atoms with van der Waals surface area (Å²) in [5, 5.41) is 11.1. The van der Waals surface area contributed by atoms with Crippen LogP contribution in [0.3, 0.4) is 0 Å². The maximum Gasteiger partial charge on any atom is 0.295 e. The van der Waals surface area contributed by atoms with Crippen molar-refractivity contribution in [2.45, 2.75) is 32.2 Å². The van der Waals surface area contributed by atoms with Crippen LogP contribution in [0.15, 0.2) is 54.1 Å². The molecule has 1 N–H and O–H groups in total. The molecule has 1 aliphatic heterocycles. The van der Waals surface area contributed by atoms with Gasteiger partial charge in [0, 0.05) is 12.1 Å². The average Bonchev–Trinajstić information content (AvgIpc) is 3.03. The summed E-state index contributed by atoms with van der Waals surface area (Å²) in [6.45, 7) is 5.46. The third-order valence-corrected chi connectivity index (χ3v) is 5.83. The predicted octanol–water partition coefficient (Wildman–Crippen LogP) is 4.19. The minimum absolute atomic E-state index is 0.127. The molecule has 1 amide bonds. The van der Waals surface area contributed by atoms with E-state index in [1.54, 1.807) is 36.3 Å². The van der Waals surface area contributed by atoms with Crippen LogP contribution >= 0.6 is 0 Å².